The lowest BCUT2D eigenvalue weighted by Gasteiger charge is -2.28. The number of aromatic nitrogens is 2. The standard InChI is InChI=1S/C24H25N5O3/c30-22(24(31)10-11-24)26-18-3-1-17(2-4-18)21-9-12-25-23(28-21)27-19-5-7-20(8-6-19)29-13-15-32-16-14-29/h1-9,12,31H,10-11,13-16H2,(H,26,30)(H,25,27,28). The zero-order valence-electron chi connectivity index (χ0n) is 17.6. The van der Waals surface area contributed by atoms with Gasteiger partial charge in [0, 0.05) is 41.9 Å². The fraction of sp³-hybridized carbons (Fsp3) is 0.292. The molecule has 8 nitrogen and oxygen atoms in total. The number of hydrogen-bond donors (Lipinski definition) is 3. The van der Waals surface area contributed by atoms with Crippen molar-refractivity contribution >= 4 is 28.9 Å². The maximum absolute atomic E-state index is 12.0. The van der Waals surface area contributed by atoms with E-state index in [2.05, 4.69) is 37.6 Å². The van der Waals surface area contributed by atoms with Crippen LogP contribution in [0.25, 0.3) is 11.3 Å². The number of rotatable bonds is 6. The molecule has 1 amide bonds. The summed E-state index contributed by atoms with van der Waals surface area (Å²) in [5, 5.41) is 15.9. The van der Waals surface area contributed by atoms with Crippen molar-refractivity contribution in [2.24, 2.45) is 0 Å². The van der Waals surface area contributed by atoms with Crippen molar-refractivity contribution in [1.82, 2.24) is 9.97 Å². The second-order valence-electron chi connectivity index (χ2n) is 8.10. The van der Waals surface area contributed by atoms with E-state index in [-0.39, 0.29) is 5.91 Å². The Morgan fingerprint density at radius 1 is 0.969 bits per heavy atom. The van der Waals surface area contributed by atoms with E-state index in [1.807, 2.05) is 30.3 Å². The average molecular weight is 431 g/mol. The summed E-state index contributed by atoms with van der Waals surface area (Å²) in [6.07, 6.45) is 2.75. The van der Waals surface area contributed by atoms with E-state index in [9.17, 15) is 9.90 Å². The molecule has 1 aliphatic heterocycles. The summed E-state index contributed by atoms with van der Waals surface area (Å²) in [6, 6.07) is 17.4. The average Bonchev–Trinajstić information content (AvgIpc) is 3.59. The number of hydrogen-bond acceptors (Lipinski definition) is 7. The molecule has 32 heavy (non-hydrogen) atoms. The van der Waals surface area contributed by atoms with Gasteiger partial charge in [-0.25, -0.2) is 9.97 Å². The summed E-state index contributed by atoms with van der Waals surface area (Å²) in [5.41, 5.74) is 3.22. The summed E-state index contributed by atoms with van der Waals surface area (Å²) < 4.78 is 5.41. The van der Waals surface area contributed by atoms with E-state index in [0.29, 0.717) is 24.5 Å². The molecule has 1 aliphatic carbocycles. The van der Waals surface area contributed by atoms with Gasteiger partial charge < -0.3 is 25.4 Å². The number of aliphatic hydroxyl groups is 1. The largest absolute Gasteiger partial charge is 0.380 e. The minimum atomic E-state index is -1.19. The topological polar surface area (TPSA) is 99.6 Å². The highest BCUT2D eigenvalue weighted by Gasteiger charge is 2.48. The van der Waals surface area contributed by atoms with Gasteiger partial charge in [-0.2, -0.15) is 0 Å². The lowest BCUT2D eigenvalue weighted by molar-refractivity contribution is -0.125. The normalized spacial score (nSPS) is 17.0. The molecule has 3 aromatic rings. The van der Waals surface area contributed by atoms with E-state index >= 15 is 0 Å². The molecule has 1 saturated carbocycles. The molecule has 2 aromatic carbocycles. The third-order valence-electron chi connectivity index (χ3n) is 5.74. The first-order chi connectivity index (χ1) is 15.6. The number of carbonyl (C=O) groups is 1. The Kier molecular flexibility index (Phi) is 5.46. The van der Waals surface area contributed by atoms with Crippen LogP contribution in [-0.2, 0) is 9.53 Å². The number of nitrogens with one attached hydrogen (secondary N) is 2. The Labute approximate surface area is 186 Å². The molecule has 0 unspecified atom stereocenters. The molecule has 2 fully saturated rings. The van der Waals surface area contributed by atoms with E-state index in [0.717, 1.165) is 43.2 Å². The fourth-order valence-electron chi connectivity index (χ4n) is 3.60. The Balaban J connectivity index is 1.24. The Morgan fingerprint density at radius 2 is 1.66 bits per heavy atom. The molecule has 0 spiro atoms. The zero-order valence-corrected chi connectivity index (χ0v) is 17.6. The number of morpholine rings is 1. The zero-order chi connectivity index (χ0) is 22.0. The van der Waals surface area contributed by atoms with Gasteiger partial charge in [0.15, 0.2) is 0 Å². The van der Waals surface area contributed by atoms with Crippen molar-refractivity contribution in [2.75, 3.05) is 41.8 Å². The minimum absolute atomic E-state index is 0.349. The molecule has 0 bridgehead atoms. The van der Waals surface area contributed by atoms with Crippen LogP contribution in [-0.4, -0.2) is 52.9 Å². The summed E-state index contributed by atoms with van der Waals surface area (Å²) in [7, 11) is 0. The molecule has 8 heteroatoms. The summed E-state index contributed by atoms with van der Waals surface area (Å²) in [5.74, 6) is 0.161. The molecule has 0 radical (unpaired) electrons. The highest BCUT2D eigenvalue weighted by atomic mass is 16.5. The molecule has 3 N–H and O–H groups in total. The van der Waals surface area contributed by atoms with Gasteiger partial charge in [-0.15, -0.1) is 0 Å². The Bertz CT molecular complexity index is 1090. The quantitative estimate of drug-likeness (QED) is 0.551. The molecule has 0 atom stereocenters. The fourth-order valence-corrected chi connectivity index (χ4v) is 3.60. The number of anilines is 4. The smallest absolute Gasteiger partial charge is 0.256 e. The Morgan fingerprint density at radius 3 is 2.34 bits per heavy atom. The van der Waals surface area contributed by atoms with Gasteiger partial charge in [-0.05, 0) is 55.3 Å². The maximum atomic E-state index is 12.0. The van der Waals surface area contributed by atoms with Gasteiger partial charge in [0.05, 0.1) is 18.9 Å². The number of ether oxygens (including phenoxy) is 1. The molecule has 2 aliphatic rings. The lowest BCUT2D eigenvalue weighted by Crippen LogP contribution is -2.36. The minimum Gasteiger partial charge on any atom is -0.380 e. The van der Waals surface area contributed by atoms with Crippen LogP contribution in [0.15, 0.2) is 60.8 Å². The first-order valence-corrected chi connectivity index (χ1v) is 10.8. The molecule has 2 heterocycles. The van der Waals surface area contributed by atoms with Crippen molar-refractivity contribution in [2.45, 2.75) is 18.4 Å². The van der Waals surface area contributed by atoms with Gasteiger partial charge in [0.25, 0.3) is 5.91 Å². The van der Waals surface area contributed by atoms with Gasteiger partial charge in [0.2, 0.25) is 5.95 Å². The van der Waals surface area contributed by atoms with Crippen molar-refractivity contribution in [3.05, 3.63) is 60.8 Å². The SMILES string of the molecule is O=C(Nc1ccc(-c2ccnc(Nc3ccc(N4CCOCC4)cc3)n2)cc1)C1(O)CC1. The van der Waals surface area contributed by atoms with Gasteiger partial charge in [-0.3, -0.25) is 4.79 Å². The van der Waals surface area contributed by atoms with Crippen LogP contribution in [0.4, 0.5) is 23.0 Å². The predicted molar refractivity (Wildman–Crippen MR) is 123 cm³/mol. The highest BCUT2D eigenvalue weighted by Crippen LogP contribution is 2.36. The van der Waals surface area contributed by atoms with Crippen molar-refractivity contribution in [3.8, 4) is 11.3 Å². The van der Waals surface area contributed by atoms with E-state index in [1.54, 1.807) is 18.3 Å². The number of nitrogens with zero attached hydrogens (tertiary/aromatic N) is 3. The van der Waals surface area contributed by atoms with Crippen LogP contribution in [0.2, 0.25) is 0 Å². The Hall–Kier alpha value is -3.49. The van der Waals surface area contributed by atoms with Crippen LogP contribution in [0.3, 0.4) is 0 Å². The lowest BCUT2D eigenvalue weighted by atomic mass is 10.1. The highest BCUT2D eigenvalue weighted by molar-refractivity contribution is 5.99. The van der Waals surface area contributed by atoms with Crippen molar-refractivity contribution in [3.63, 3.8) is 0 Å². The van der Waals surface area contributed by atoms with E-state index < -0.39 is 5.60 Å². The second-order valence-corrected chi connectivity index (χ2v) is 8.10. The third-order valence-corrected chi connectivity index (χ3v) is 5.74. The van der Waals surface area contributed by atoms with Gasteiger partial charge in [-0.1, -0.05) is 12.1 Å². The van der Waals surface area contributed by atoms with Crippen LogP contribution in [0.5, 0.6) is 0 Å². The summed E-state index contributed by atoms with van der Waals surface area (Å²) in [6.45, 7) is 3.33. The van der Waals surface area contributed by atoms with Gasteiger partial charge >= 0.3 is 0 Å². The molecule has 1 saturated heterocycles. The monoisotopic (exact) mass is 431 g/mol. The second kappa shape index (κ2) is 8.57. The van der Waals surface area contributed by atoms with Crippen molar-refractivity contribution in [1.29, 1.82) is 0 Å². The molecule has 164 valence electrons. The van der Waals surface area contributed by atoms with Crippen LogP contribution >= 0.6 is 0 Å². The molecule has 1 aromatic heterocycles. The van der Waals surface area contributed by atoms with Crippen LogP contribution in [0.1, 0.15) is 12.8 Å². The number of benzene rings is 2. The predicted octanol–water partition coefficient (Wildman–Crippen LogP) is 3.19. The third kappa shape index (κ3) is 4.56. The van der Waals surface area contributed by atoms with Crippen LogP contribution in [0, 0.1) is 0 Å². The van der Waals surface area contributed by atoms with E-state index in [4.69, 9.17) is 4.74 Å². The summed E-state index contributed by atoms with van der Waals surface area (Å²) >= 11 is 0. The van der Waals surface area contributed by atoms with Gasteiger partial charge in [0.1, 0.15) is 5.60 Å². The molecular weight excluding hydrogens is 406 g/mol. The van der Waals surface area contributed by atoms with Crippen molar-refractivity contribution < 1.29 is 14.6 Å². The number of carbonyl (C=O) groups excluding carboxylic acids is 1. The molecule has 5 rings (SSSR count). The molecular formula is C24H25N5O3. The summed E-state index contributed by atoms with van der Waals surface area (Å²) in [4.78, 5) is 23.2. The first-order valence-electron chi connectivity index (χ1n) is 10.8. The maximum Gasteiger partial charge on any atom is 0.256 e. The number of amides is 1. The first kappa shape index (κ1) is 20.4. The van der Waals surface area contributed by atoms with E-state index in [1.165, 1.54) is 5.69 Å². The van der Waals surface area contributed by atoms with Crippen LogP contribution < -0.4 is 15.5 Å².